The molecule has 0 spiro atoms. The molecule has 1 aromatic heterocycles. The van der Waals surface area contributed by atoms with Crippen LogP contribution in [0.2, 0.25) is 0 Å². The number of carbonyl (C=O) groups is 1. The molecular weight excluding hydrogens is 258 g/mol. The number of aryl methyl sites for hydroxylation is 2. The Morgan fingerprint density at radius 1 is 1.42 bits per heavy atom. The molecule has 0 aliphatic carbocycles. The van der Waals surface area contributed by atoms with Crippen molar-refractivity contribution < 1.29 is 4.79 Å². The van der Waals surface area contributed by atoms with E-state index in [9.17, 15) is 4.79 Å². The Bertz CT molecular complexity index is 606. The molecule has 0 unspecified atom stereocenters. The monoisotopic (exact) mass is 275 g/mol. The third kappa shape index (κ3) is 3.12. The molecule has 19 heavy (non-hydrogen) atoms. The maximum atomic E-state index is 12.2. The van der Waals surface area contributed by atoms with Crippen LogP contribution in [-0.2, 0) is 0 Å². The summed E-state index contributed by atoms with van der Waals surface area (Å²) in [5, 5.41) is 3.39. The van der Waals surface area contributed by atoms with Gasteiger partial charge in [-0.3, -0.25) is 4.79 Å². The second-order valence-corrected chi connectivity index (χ2v) is 5.61. The van der Waals surface area contributed by atoms with Crippen LogP contribution in [0.5, 0.6) is 0 Å². The van der Waals surface area contributed by atoms with Crippen LogP contribution in [0.3, 0.4) is 0 Å². The normalized spacial score (nSPS) is 12.2. The van der Waals surface area contributed by atoms with Crippen LogP contribution < -0.4 is 11.1 Å². The molecular formula is C14H17N3OS. The number of hydrogen-bond donors (Lipinski definition) is 2. The predicted molar refractivity (Wildman–Crippen MR) is 78.3 cm³/mol. The van der Waals surface area contributed by atoms with E-state index in [2.05, 4.69) is 16.4 Å². The number of benzene rings is 1. The summed E-state index contributed by atoms with van der Waals surface area (Å²) in [6.07, 6.45) is 0. The van der Waals surface area contributed by atoms with Gasteiger partial charge in [0.2, 0.25) is 0 Å². The van der Waals surface area contributed by atoms with E-state index in [0.717, 1.165) is 5.56 Å². The van der Waals surface area contributed by atoms with Crippen LogP contribution in [-0.4, -0.2) is 10.9 Å². The Labute approximate surface area is 116 Å². The minimum atomic E-state index is -0.124. The standard InChI is InChI=1S/C14H17N3OS/c1-8-5-4-6-11(7-8)9(2)16-13(18)12-10(3)17-14(15)19-12/h4-7,9H,1-3H3,(H2,15,17)(H,16,18)/t9-/m1/s1. The molecule has 2 rings (SSSR count). The van der Waals surface area contributed by atoms with E-state index in [1.165, 1.54) is 16.9 Å². The van der Waals surface area contributed by atoms with Crippen LogP contribution in [0.15, 0.2) is 24.3 Å². The van der Waals surface area contributed by atoms with Gasteiger partial charge in [-0.05, 0) is 26.3 Å². The molecule has 1 amide bonds. The first-order chi connectivity index (χ1) is 8.97. The zero-order chi connectivity index (χ0) is 14.0. The zero-order valence-corrected chi connectivity index (χ0v) is 12.0. The highest BCUT2D eigenvalue weighted by molar-refractivity contribution is 7.17. The van der Waals surface area contributed by atoms with E-state index in [0.29, 0.717) is 15.7 Å². The summed E-state index contributed by atoms with van der Waals surface area (Å²) in [4.78, 5) is 16.8. The van der Waals surface area contributed by atoms with E-state index in [1.807, 2.05) is 32.0 Å². The number of aromatic nitrogens is 1. The van der Waals surface area contributed by atoms with Crippen LogP contribution in [0.1, 0.15) is 39.5 Å². The molecule has 1 aromatic carbocycles. The largest absolute Gasteiger partial charge is 0.375 e. The summed E-state index contributed by atoms with van der Waals surface area (Å²) in [5.41, 5.74) is 8.55. The third-order valence-electron chi connectivity index (χ3n) is 2.91. The molecule has 2 aromatic rings. The molecule has 4 nitrogen and oxygen atoms in total. The van der Waals surface area contributed by atoms with Crippen molar-refractivity contribution in [1.29, 1.82) is 0 Å². The molecule has 1 atom stereocenters. The lowest BCUT2D eigenvalue weighted by molar-refractivity contribution is 0.0943. The number of nitrogens with one attached hydrogen (secondary N) is 1. The van der Waals surface area contributed by atoms with Crippen LogP contribution in [0, 0.1) is 13.8 Å². The summed E-state index contributed by atoms with van der Waals surface area (Å²) in [5.74, 6) is -0.124. The van der Waals surface area contributed by atoms with Gasteiger partial charge in [-0.25, -0.2) is 4.98 Å². The Balaban J connectivity index is 2.13. The maximum Gasteiger partial charge on any atom is 0.263 e. The lowest BCUT2D eigenvalue weighted by Gasteiger charge is -2.14. The van der Waals surface area contributed by atoms with Gasteiger partial charge in [0.05, 0.1) is 11.7 Å². The SMILES string of the molecule is Cc1cccc([C@@H](C)NC(=O)c2sc(N)nc2C)c1. The number of anilines is 1. The highest BCUT2D eigenvalue weighted by Gasteiger charge is 2.16. The molecule has 0 saturated carbocycles. The van der Waals surface area contributed by atoms with Crippen molar-refractivity contribution in [2.24, 2.45) is 0 Å². The topological polar surface area (TPSA) is 68.0 Å². The fourth-order valence-electron chi connectivity index (χ4n) is 1.91. The molecule has 3 N–H and O–H groups in total. The third-order valence-corrected chi connectivity index (χ3v) is 3.89. The smallest absolute Gasteiger partial charge is 0.263 e. The van der Waals surface area contributed by atoms with E-state index in [-0.39, 0.29) is 11.9 Å². The lowest BCUT2D eigenvalue weighted by atomic mass is 10.1. The van der Waals surface area contributed by atoms with Crippen molar-refractivity contribution >= 4 is 22.4 Å². The first-order valence-electron chi connectivity index (χ1n) is 6.07. The quantitative estimate of drug-likeness (QED) is 0.905. The zero-order valence-electron chi connectivity index (χ0n) is 11.2. The minimum Gasteiger partial charge on any atom is -0.375 e. The summed E-state index contributed by atoms with van der Waals surface area (Å²) < 4.78 is 0. The highest BCUT2D eigenvalue weighted by atomic mass is 32.1. The fraction of sp³-hybridized carbons (Fsp3) is 0.286. The van der Waals surface area contributed by atoms with Crippen molar-refractivity contribution in [3.8, 4) is 0 Å². The van der Waals surface area contributed by atoms with Gasteiger partial charge in [0.1, 0.15) is 4.88 Å². The fourth-order valence-corrected chi connectivity index (χ4v) is 2.65. The Morgan fingerprint density at radius 3 is 2.74 bits per heavy atom. The number of rotatable bonds is 3. The van der Waals surface area contributed by atoms with Crippen molar-refractivity contribution in [1.82, 2.24) is 10.3 Å². The number of nitrogens with two attached hydrogens (primary N) is 1. The number of thiazole rings is 1. The molecule has 0 radical (unpaired) electrons. The number of nitrogens with zero attached hydrogens (tertiary/aromatic N) is 1. The number of nitrogen functional groups attached to an aromatic ring is 1. The molecule has 0 saturated heterocycles. The Hall–Kier alpha value is -1.88. The summed E-state index contributed by atoms with van der Waals surface area (Å²) in [6.45, 7) is 5.79. The van der Waals surface area contributed by atoms with E-state index >= 15 is 0 Å². The highest BCUT2D eigenvalue weighted by Crippen LogP contribution is 2.21. The van der Waals surface area contributed by atoms with Gasteiger partial charge in [-0.15, -0.1) is 0 Å². The average molecular weight is 275 g/mol. The molecule has 100 valence electrons. The molecule has 0 aliphatic rings. The first-order valence-corrected chi connectivity index (χ1v) is 6.89. The van der Waals surface area contributed by atoms with Gasteiger partial charge in [-0.1, -0.05) is 41.2 Å². The van der Waals surface area contributed by atoms with Gasteiger partial charge in [0.15, 0.2) is 5.13 Å². The van der Waals surface area contributed by atoms with Crippen LogP contribution >= 0.6 is 11.3 Å². The molecule has 5 heteroatoms. The summed E-state index contributed by atoms with van der Waals surface area (Å²) in [6, 6.07) is 8.05. The lowest BCUT2D eigenvalue weighted by Crippen LogP contribution is -2.26. The minimum absolute atomic E-state index is 0.0462. The Kier molecular flexibility index (Phi) is 3.85. The van der Waals surface area contributed by atoms with Gasteiger partial charge >= 0.3 is 0 Å². The van der Waals surface area contributed by atoms with Crippen molar-refractivity contribution in [2.75, 3.05) is 5.73 Å². The average Bonchev–Trinajstić information content (AvgIpc) is 2.68. The molecule has 0 bridgehead atoms. The number of hydrogen-bond acceptors (Lipinski definition) is 4. The van der Waals surface area contributed by atoms with Crippen molar-refractivity contribution in [2.45, 2.75) is 26.8 Å². The van der Waals surface area contributed by atoms with E-state index < -0.39 is 0 Å². The van der Waals surface area contributed by atoms with Gasteiger partial charge < -0.3 is 11.1 Å². The van der Waals surface area contributed by atoms with E-state index in [1.54, 1.807) is 6.92 Å². The van der Waals surface area contributed by atoms with Gasteiger partial charge in [0.25, 0.3) is 5.91 Å². The van der Waals surface area contributed by atoms with Crippen molar-refractivity contribution in [3.63, 3.8) is 0 Å². The molecule has 0 fully saturated rings. The molecule has 1 heterocycles. The van der Waals surface area contributed by atoms with Gasteiger partial charge in [0, 0.05) is 0 Å². The number of carbonyl (C=O) groups excluding carboxylic acids is 1. The van der Waals surface area contributed by atoms with Crippen LogP contribution in [0.25, 0.3) is 0 Å². The predicted octanol–water partition coefficient (Wildman–Crippen LogP) is 2.83. The van der Waals surface area contributed by atoms with Crippen LogP contribution in [0.4, 0.5) is 5.13 Å². The second kappa shape index (κ2) is 5.40. The van der Waals surface area contributed by atoms with Gasteiger partial charge in [-0.2, -0.15) is 0 Å². The number of amides is 1. The maximum absolute atomic E-state index is 12.2. The Morgan fingerprint density at radius 2 is 2.16 bits per heavy atom. The second-order valence-electron chi connectivity index (χ2n) is 4.58. The summed E-state index contributed by atoms with van der Waals surface area (Å²) >= 11 is 1.22. The van der Waals surface area contributed by atoms with E-state index in [4.69, 9.17) is 5.73 Å². The molecule has 0 aliphatic heterocycles. The van der Waals surface area contributed by atoms with Crippen molar-refractivity contribution in [3.05, 3.63) is 46.0 Å². The summed E-state index contributed by atoms with van der Waals surface area (Å²) in [7, 11) is 0. The first kappa shape index (κ1) is 13.5.